The summed E-state index contributed by atoms with van der Waals surface area (Å²) in [5.41, 5.74) is 2.40. The highest BCUT2D eigenvalue weighted by molar-refractivity contribution is 5.27. The molecule has 2 rings (SSSR count). The normalized spacial score (nSPS) is 13.1. The molecule has 2 aromatic rings. The zero-order valence-corrected chi connectivity index (χ0v) is 8.10. The fourth-order valence-electron chi connectivity index (χ4n) is 1.48. The molecule has 0 radical (unpaired) electrons. The molecule has 2 aromatic heterocycles. The van der Waals surface area contributed by atoms with Gasteiger partial charge in [-0.05, 0) is 6.92 Å². The Balaban J connectivity index is 2.36. The molecule has 1 atom stereocenters. The molecule has 1 unspecified atom stereocenters. The number of nitrogens with zero attached hydrogens (tertiary/aromatic N) is 3. The summed E-state index contributed by atoms with van der Waals surface area (Å²) < 4.78 is 1.69. The van der Waals surface area contributed by atoms with Gasteiger partial charge in [-0.3, -0.25) is 9.78 Å². The first-order valence-corrected chi connectivity index (χ1v) is 4.35. The van der Waals surface area contributed by atoms with Gasteiger partial charge in [0.05, 0.1) is 11.9 Å². The Kier molecular flexibility index (Phi) is 2.09. The first kappa shape index (κ1) is 8.96. The molecule has 2 heterocycles. The lowest BCUT2D eigenvalue weighted by atomic mass is 10.1. The molecule has 5 heteroatoms. The fourth-order valence-corrected chi connectivity index (χ4v) is 1.48. The fraction of sp³-hybridized carbons (Fsp3) is 0.333. The average Bonchev–Trinajstić information content (AvgIpc) is 2.73. The Morgan fingerprint density at radius 2 is 2.36 bits per heavy atom. The minimum atomic E-state index is -0.651. The Morgan fingerprint density at radius 1 is 1.57 bits per heavy atom. The third-order valence-electron chi connectivity index (χ3n) is 2.18. The predicted molar refractivity (Wildman–Crippen MR) is 50.6 cm³/mol. The first-order chi connectivity index (χ1) is 6.68. The molecule has 0 amide bonds. The smallest absolute Gasteiger partial charge is 0.110 e. The van der Waals surface area contributed by atoms with Gasteiger partial charge in [0.25, 0.3) is 0 Å². The molecular formula is C9H12N4O. The van der Waals surface area contributed by atoms with Crippen molar-refractivity contribution in [2.45, 2.75) is 13.0 Å². The molecule has 0 bridgehead atoms. The summed E-state index contributed by atoms with van der Waals surface area (Å²) in [7, 11) is 1.83. The van der Waals surface area contributed by atoms with E-state index in [2.05, 4.69) is 15.3 Å². The Labute approximate surface area is 81.4 Å². The molecule has 0 aliphatic rings. The number of hydrogen-bond donors (Lipinski definition) is 2. The minimum absolute atomic E-state index is 0.651. The van der Waals surface area contributed by atoms with Gasteiger partial charge >= 0.3 is 0 Å². The summed E-state index contributed by atoms with van der Waals surface area (Å²) in [5.74, 6) is 0. The van der Waals surface area contributed by atoms with Crippen LogP contribution in [0.5, 0.6) is 0 Å². The Hall–Kier alpha value is -1.62. The SMILES string of the molecule is Cc1nn(C)cc1C(O)c1cn[nH]c1. The van der Waals surface area contributed by atoms with Crippen LogP contribution in [0.4, 0.5) is 0 Å². The van der Waals surface area contributed by atoms with E-state index in [1.807, 2.05) is 20.2 Å². The molecular weight excluding hydrogens is 180 g/mol. The maximum Gasteiger partial charge on any atom is 0.110 e. The predicted octanol–water partition coefficient (Wildman–Crippen LogP) is 0.533. The van der Waals surface area contributed by atoms with Gasteiger partial charge in [-0.25, -0.2) is 0 Å². The van der Waals surface area contributed by atoms with Crippen LogP contribution in [0.3, 0.4) is 0 Å². The molecule has 0 fully saturated rings. The van der Waals surface area contributed by atoms with Crippen LogP contribution in [0, 0.1) is 6.92 Å². The lowest BCUT2D eigenvalue weighted by Crippen LogP contribution is -1.98. The molecule has 0 spiro atoms. The van der Waals surface area contributed by atoms with Crippen LogP contribution in [0.15, 0.2) is 18.6 Å². The molecule has 0 saturated heterocycles. The molecule has 0 aromatic carbocycles. The number of rotatable bonds is 2. The van der Waals surface area contributed by atoms with Crippen LogP contribution < -0.4 is 0 Å². The van der Waals surface area contributed by atoms with Gasteiger partial charge in [-0.1, -0.05) is 0 Å². The van der Waals surface area contributed by atoms with Crippen LogP contribution in [0.25, 0.3) is 0 Å². The van der Waals surface area contributed by atoms with Crippen molar-refractivity contribution in [2.75, 3.05) is 0 Å². The molecule has 0 aliphatic carbocycles. The van der Waals surface area contributed by atoms with Gasteiger partial charge in [0, 0.05) is 30.6 Å². The van der Waals surface area contributed by atoms with Crippen LogP contribution >= 0.6 is 0 Å². The highest BCUT2D eigenvalue weighted by Gasteiger charge is 2.16. The molecule has 74 valence electrons. The number of nitrogens with one attached hydrogen (secondary N) is 1. The van der Waals surface area contributed by atoms with Gasteiger partial charge in [-0.2, -0.15) is 10.2 Å². The van der Waals surface area contributed by atoms with E-state index < -0.39 is 6.10 Å². The van der Waals surface area contributed by atoms with Crippen molar-refractivity contribution in [1.29, 1.82) is 0 Å². The topological polar surface area (TPSA) is 66.7 Å². The number of hydrogen-bond acceptors (Lipinski definition) is 3. The van der Waals surface area contributed by atoms with Gasteiger partial charge < -0.3 is 5.11 Å². The third kappa shape index (κ3) is 1.42. The van der Waals surface area contributed by atoms with Crippen molar-refractivity contribution in [3.63, 3.8) is 0 Å². The van der Waals surface area contributed by atoms with Gasteiger partial charge in [0.1, 0.15) is 6.10 Å². The van der Waals surface area contributed by atoms with Crippen LogP contribution in [-0.2, 0) is 7.05 Å². The second kappa shape index (κ2) is 3.26. The maximum atomic E-state index is 9.96. The maximum absolute atomic E-state index is 9.96. The zero-order valence-electron chi connectivity index (χ0n) is 8.10. The number of aromatic amines is 1. The van der Waals surface area contributed by atoms with E-state index in [0.717, 1.165) is 16.8 Å². The summed E-state index contributed by atoms with van der Waals surface area (Å²) in [6, 6.07) is 0. The number of aliphatic hydroxyl groups is 1. The monoisotopic (exact) mass is 192 g/mol. The largest absolute Gasteiger partial charge is 0.383 e. The van der Waals surface area contributed by atoms with E-state index in [1.54, 1.807) is 17.1 Å². The molecule has 5 nitrogen and oxygen atoms in total. The summed E-state index contributed by atoms with van der Waals surface area (Å²) in [4.78, 5) is 0. The van der Waals surface area contributed by atoms with Crippen molar-refractivity contribution in [3.05, 3.63) is 35.4 Å². The van der Waals surface area contributed by atoms with Gasteiger partial charge in [0.2, 0.25) is 0 Å². The van der Waals surface area contributed by atoms with E-state index in [0.29, 0.717) is 0 Å². The number of aliphatic hydroxyl groups excluding tert-OH is 1. The molecule has 14 heavy (non-hydrogen) atoms. The van der Waals surface area contributed by atoms with E-state index in [-0.39, 0.29) is 0 Å². The quantitative estimate of drug-likeness (QED) is 0.729. The standard InChI is InChI=1S/C9H12N4O/c1-6-8(5-13(2)12-6)9(14)7-3-10-11-4-7/h3-5,9,14H,1-2H3,(H,10,11). The summed E-state index contributed by atoms with van der Waals surface area (Å²) in [5, 5.41) is 20.6. The minimum Gasteiger partial charge on any atom is -0.383 e. The van der Waals surface area contributed by atoms with Gasteiger partial charge in [0.15, 0.2) is 0 Å². The summed E-state index contributed by atoms with van der Waals surface area (Å²) in [6.07, 6.45) is 4.45. The second-order valence-corrected chi connectivity index (χ2v) is 3.28. The highest BCUT2D eigenvalue weighted by Crippen LogP contribution is 2.22. The molecule has 2 N–H and O–H groups in total. The van der Waals surface area contributed by atoms with E-state index in [9.17, 15) is 5.11 Å². The van der Waals surface area contributed by atoms with E-state index >= 15 is 0 Å². The van der Waals surface area contributed by atoms with Crippen LogP contribution in [0.1, 0.15) is 22.9 Å². The van der Waals surface area contributed by atoms with Gasteiger partial charge in [-0.15, -0.1) is 0 Å². The molecule has 0 saturated carbocycles. The average molecular weight is 192 g/mol. The zero-order chi connectivity index (χ0) is 10.1. The lowest BCUT2D eigenvalue weighted by molar-refractivity contribution is 0.219. The van der Waals surface area contributed by atoms with Crippen molar-refractivity contribution in [2.24, 2.45) is 7.05 Å². The van der Waals surface area contributed by atoms with Crippen molar-refractivity contribution >= 4 is 0 Å². The Morgan fingerprint density at radius 3 is 2.86 bits per heavy atom. The number of H-pyrrole nitrogens is 1. The second-order valence-electron chi connectivity index (χ2n) is 3.28. The highest BCUT2D eigenvalue weighted by atomic mass is 16.3. The number of aromatic nitrogens is 4. The third-order valence-corrected chi connectivity index (χ3v) is 2.18. The summed E-state index contributed by atoms with van der Waals surface area (Å²) >= 11 is 0. The van der Waals surface area contributed by atoms with Crippen molar-refractivity contribution in [1.82, 2.24) is 20.0 Å². The van der Waals surface area contributed by atoms with E-state index in [1.165, 1.54) is 0 Å². The lowest BCUT2D eigenvalue weighted by Gasteiger charge is -2.05. The van der Waals surface area contributed by atoms with Crippen LogP contribution in [0.2, 0.25) is 0 Å². The molecule has 0 aliphatic heterocycles. The van der Waals surface area contributed by atoms with E-state index in [4.69, 9.17) is 0 Å². The number of aryl methyl sites for hydroxylation is 2. The first-order valence-electron chi connectivity index (χ1n) is 4.35. The summed E-state index contributed by atoms with van der Waals surface area (Å²) in [6.45, 7) is 1.87. The van der Waals surface area contributed by atoms with Crippen molar-refractivity contribution in [3.8, 4) is 0 Å². The van der Waals surface area contributed by atoms with Crippen molar-refractivity contribution < 1.29 is 5.11 Å². The Bertz CT molecular complexity index is 418. The van der Waals surface area contributed by atoms with Crippen LogP contribution in [-0.4, -0.2) is 25.1 Å².